The Morgan fingerprint density at radius 3 is 2.80 bits per heavy atom. The number of likely N-dealkylation sites (N-methyl/N-ethyl adjacent to an activating group) is 1. The van der Waals surface area contributed by atoms with Gasteiger partial charge >= 0.3 is 6.03 Å². The fourth-order valence-electron chi connectivity index (χ4n) is 2.69. The average molecular weight is 348 g/mol. The average Bonchev–Trinajstić information content (AvgIpc) is 2.74. The quantitative estimate of drug-likeness (QED) is 0.874. The molecule has 1 aliphatic heterocycles. The van der Waals surface area contributed by atoms with Gasteiger partial charge in [-0.1, -0.05) is 6.07 Å². The zero-order valence-corrected chi connectivity index (χ0v) is 15.5. The van der Waals surface area contributed by atoms with Crippen LogP contribution in [0, 0.1) is 6.92 Å². The number of hydrogen-bond acceptors (Lipinski definition) is 4. The summed E-state index contributed by atoms with van der Waals surface area (Å²) in [6, 6.07) is 5.37. The Kier molecular flexibility index (Phi) is 6.78. The van der Waals surface area contributed by atoms with E-state index in [0.29, 0.717) is 37.6 Å². The Balaban J connectivity index is 2.03. The third-order valence-corrected chi connectivity index (χ3v) is 3.96. The molecule has 7 nitrogen and oxygen atoms in total. The second-order valence-corrected chi connectivity index (χ2v) is 6.73. The number of urea groups is 1. The SMILES string of the molecule is Cc1ccc(NC(=O)N2CCCO[C@@H](C)C2)cc1NC(=O)CN(C)C. The standard InChI is InChI=1S/C18H28N4O3/c1-13-6-7-15(10-16(13)20-17(23)12-21(3)4)19-18(24)22-8-5-9-25-14(2)11-22/h6-7,10,14H,5,8-9,11-12H2,1-4H3,(H,19,24)(H,20,23)/t14-/m0/s1. The first kappa shape index (κ1) is 19.2. The number of aryl methyl sites for hydroxylation is 1. The van der Waals surface area contributed by atoms with Crippen molar-refractivity contribution in [2.45, 2.75) is 26.4 Å². The number of carbonyl (C=O) groups is 2. The van der Waals surface area contributed by atoms with Crippen LogP contribution < -0.4 is 10.6 Å². The van der Waals surface area contributed by atoms with E-state index in [1.54, 1.807) is 15.9 Å². The van der Waals surface area contributed by atoms with Crippen LogP contribution in [0.1, 0.15) is 18.9 Å². The lowest BCUT2D eigenvalue weighted by Crippen LogP contribution is -2.38. The molecule has 1 aromatic carbocycles. The molecule has 0 unspecified atom stereocenters. The maximum Gasteiger partial charge on any atom is 0.321 e. The van der Waals surface area contributed by atoms with Crippen LogP contribution in [0.5, 0.6) is 0 Å². The summed E-state index contributed by atoms with van der Waals surface area (Å²) in [4.78, 5) is 28.0. The summed E-state index contributed by atoms with van der Waals surface area (Å²) in [5, 5.41) is 5.80. The molecule has 1 saturated heterocycles. The third kappa shape index (κ3) is 6.03. The third-order valence-electron chi connectivity index (χ3n) is 3.96. The molecule has 1 aliphatic rings. The number of amides is 3. The highest BCUT2D eigenvalue weighted by Crippen LogP contribution is 2.21. The molecular formula is C18H28N4O3. The van der Waals surface area contributed by atoms with Crippen LogP contribution in [-0.2, 0) is 9.53 Å². The van der Waals surface area contributed by atoms with E-state index in [0.717, 1.165) is 12.0 Å². The predicted octanol–water partition coefficient (Wildman–Crippen LogP) is 2.14. The number of nitrogens with zero attached hydrogens (tertiary/aromatic N) is 2. The van der Waals surface area contributed by atoms with Crippen molar-refractivity contribution >= 4 is 23.3 Å². The lowest BCUT2D eigenvalue weighted by Gasteiger charge is -2.23. The molecule has 1 atom stereocenters. The van der Waals surface area contributed by atoms with Crippen LogP contribution in [-0.4, -0.2) is 68.2 Å². The molecule has 0 aliphatic carbocycles. The van der Waals surface area contributed by atoms with E-state index in [9.17, 15) is 9.59 Å². The monoisotopic (exact) mass is 348 g/mol. The number of nitrogens with one attached hydrogen (secondary N) is 2. The molecule has 0 radical (unpaired) electrons. The molecule has 1 heterocycles. The van der Waals surface area contributed by atoms with E-state index in [-0.39, 0.29) is 18.0 Å². The molecule has 7 heteroatoms. The van der Waals surface area contributed by atoms with Crippen molar-refractivity contribution in [3.63, 3.8) is 0 Å². The Morgan fingerprint density at radius 1 is 1.32 bits per heavy atom. The fraction of sp³-hybridized carbons (Fsp3) is 0.556. The topological polar surface area (TPSA) is 73.9 Å². The van der Waals surface area contributed by atoms with Gasteiger partial charge in [0.25, 0.3) is 0 Å². The summed E-state index contributed by atoms with van der Waals surface area (Å²) < 4.78 is 5.57. The van der Waals surface area contributed by atoms with E-state index >= 15 is 0 Å². The van der Waals surface area contributed by atoms with Crippen molar-refractivity contribution in [1.82, 2.24) is 9.80 Å². The van der Waals surface area contributed by atoms with Gasteiger partial charge in [-0.15, -0.1) is 0 Å². The van der Waals surface area contributed by atoms with Gasteiger partial charge in [0, 0.05) is 31.1 Å². The first-order valence-corrected chi connectivity index (χ1v) is 8.58. The van der Waals surface area contributed by atoms with Crippen molar-refractivity contribution in [1.29, 1.82) is 0 Å². The number of anilines is 2. The summed E-state index contributed by atoms with van der Waals surface area (Å²) >= 11 is 0. The molecule has 0 spiro atoms. The summed E-state index contributed by atoms with van der Waals surface area (Å²) in [5.74, 6) is -0.0879. The summed E-state index contributed by atoms with van der Waals surface area (Å²) in [6.07, 6.45) is 0.865. The zero-order valence-electron chi connectivity index (χ0n) is 15.5. The minimum Gasteiger partial charge on any atom is -0.377 e. The van der Waals surface area contributed by atoms with Gasteiger partial charge in [0.1, 0.15) is 0 Å². The number of rotatable bonds is 4. The van der Waals surface area contributed by atoms with Crippen LogP contribution in [0.4, 0.5) is 16.2 Å². The molecule has 0 saturated carbocycles. The smallest absolute Gasteiger partial charge is 0.321 e. The second kappa shape index (κ2) is 8.82. The van der Waals surface area contributed by atoms with Crippen LogP contribution >= 0.6 is 0 Å². The van der Waals surface area contributed by atoms with Crippen LogP contribution in [0.15, 0.2) is 18.2 Å². The van der Waals surface area contributed by atoms with Crippen LogP contribution in [0.25, 0.3) is 0 Å². The minimum atomic E-state index is -0.147. The molecule has 2 N–H and O–H groups in total. The normalized spacial score (nSPS) is 18.0. The molecule has 1 fully saturated rings. The molecule has 3 amide bonds. The lowest BCUT2D eigenvalue weighted by atomic mass is 10.1. The van der Waals surface area contributed by atoms with Gasteiger partial charge in [-0.2, -0.15) is 0 Å². The first-order valence-electron chi connectivity index (χ1n) is 8.58. The molecule has 0 aromatic heterocycles. The van der Waals surface area contributed by atoms with Crippen molar-refractivity contribution in [3.8, 4) is 0 Å². The lowest BCUT2D eigenvalue weighted by molar-refractivity contribution is -0.116. The van der Waals surface area contributed by atoms with E-state index in [1.165, 1.54) is 0 Å². The molecular weight excluding hydrogens is 320 g/mol. The Bertz CT molecular complexity index is 618. The van der Waals surface area contributed by atoms with E-state index in [1.807, 2.05) is 40.1 Å². The summed E-state index contributed by atoms with van der Waals surface area (Å²) in [6.45, 7) is 6.12. The Labute approximate surface area is 149 Å². The van der Waals surface area contributed by atoms with Crippen molar-refractivity contribution in [3.05, 3.63) is 23.8 Å². The fourth-order valence-corrected chi connectivity index (χ4v) is 2.69. The molecule has 1 aromatic rings. The Hall–Kier alpha value is -2.12. The maximum atomic E-state index is 12.5. The summed E-state index contributed by atoms with van der Waals surface area (Å²) in [7, 11) is 3.68. The predicted molar refractivity (Wildman–Crippen MR) is 99.0 cm³/mol. The Morgan fingerprint density at radius 2 is 2.08 bits per heavy atom. The molecule has 25 heavy (non-hydrogen) atoms. The number of hydrogen-bond donors (Lipinski definition) is 2. The molecule has 0 bridgehead atoms. The molecule has 2 rings (SSSR count). The van der Waals surface area contributed by atoms with Gasteiger partial charge < -0.3 is 25.2 Å². The van der Waals surface area contributed by atoms with Crippen molar-refractivity contribution in [2.75, 3.05) is 51.0 Å². The van der Waals surface area contributed by atoms with Crippen molar-refractivity contribution in [2.24, 2.45) is 0 Å². The van der Waals surface area contributed by atoms with Gasteiger partial charge in [0.15, 0.2) is 0 Å². The van der Waals surface area contributed by atoms with Crippen molar-refractivity contribution < 1.29 is 14.3 Å². The highest BCUT2D eigenvalue weighted by Gasteiger charge is 2.20. The maximum absolute atomic E-state index is 12.5. The zero-order chi connectivity index (χ0) is 18.4. The van der Waals surface area contributed by atoms with Gasteiger partial charge in [-0.25, -0.2) is 4.79 Å². The largest absolute Gasteiger partial charge is 0.377 e. The van der Waals surface area contributed by atoms with Gasteiger partial charge in [0.05, 0.1) is 12.6 Å². The second-order valence-electron chi connectivity index (χ2n) is 6.73. The van der Waals surface area contributed by atoms with E-state index < -0.39 is 0 Å². The van der Waals surface area contributed by atoms with Gasteiger partial charge in [-0.3, -0.25) is 4.79 Å². The highest BCUT2D eigenvalue weighted by molar-refractivity contribution is 5.95. The summed E-state index contributed by atoms with van der Waals surface area (Å²) in [5.41, 5.74) is 2.31. The van der Waals surface area contributed by atoms with Crippen LogP contribution in [0.3, 0.4) is 0 Å². The minimum absolute atomic E-state index is 0.0344. The first-order chi connectivity index (χ1) is 11.8. The molecule has 138 valence electrons. The highest BCUT2D eigenvalue weighted by atomic mass is 16.5. The van der Waals surface area contributed by atoms with E-state index in [4.69, 9.17) is 4.74 Å². The number of carbonyl (C=O) groups excluding carboxylic acids is 2. The van der Waals surface area contributed by atoms with Gasteiger partial charge in [-0.05, 0) is 52.1 Å². The number of ether oxygens (including phenoxy) is 1. The van der Waals surface area contributed by atoms with Crippen LogP contribution in [0.2, 0.25) is 0 Å². The number of benzene rings is 1. The van der Waals surface area contributed by atoms with Gasteiger partial charge in [0.2, 0.25) is 5.91 Å². The van der Waals surface area contributed by atoms with E-state index in [2.05, 4.69) is 10.6 Å².